The number of nitrogens with zero attached hydrogens (tertiary/aromatic N) is 3. The summed E-state index contributed by atoms with van der Waals surface area (Å²) in [5.41, 5.74) is 3.74. The number of rotatable bonds is 6. The molecule has 2 unspecified atom stereocenters. The number of fused-ring (bicyclic) bond motifs is 1. The number of aromatic amines is 1. The summed E-state index contributed by atoms with van der Waals surface area (Å²) in [7, 11) is 1.99. The first-order valence-electron chi connectivity index (χ1n) is 12.1. The molecule has 0 aliphatic carbocycles. The smallest absolute Gasteiger partial charge is 0.322 e. The lowest BCUT2D eigenvalue weighted by molar-refractivity contribution is -0.116. The van der Waals surface area contributed by atoms with E-state index in [9.17, 15) is 14.4 Å². The summed E-state index contributed by atoms with van der Waals surface area (Å²) in [5.74, 6) is 0.527. The van der Waals surface area contributed by atoms with Gasteiger partial charge in [-0.3, -0.25) is 14.4 Å². The van der Waals surface area contributed by atoms with Gasteiger partial charge in [0.1, 0.15) is 17.4 Å². The standard InChI is InChI=1S/C26H29N5O4S/c1-16(32)31-12-4-6-20-18(5-3-7-23(20)31)15-35-19-10-8-17(9-11-19)24(33)27-22-14-30(2)13-21(22)25-28-29-26(34)36-25/h3,5,7-11,21-22H,4,6,12-15H2,1-2H3,(H,27,33)(H,29,34). The maximum Gasteiger partial charge on any atom is 0.322 e. The van der Waals surface area contributed by atoms with Crippen LogP contribution in [0.15, 0.2) is 47.3 Å². The van der Waals surface area contributed by atoms with Crippen molar-refractivity contribution in [3.8, 4) is 5.75 Å². The molecule has 0 saturated carbocycles. The molecule has 3 aromatic rings. The van der Waals surface area contributed by atoms with Crippen molar-refractivity contribution in [1.29, 1.82) is 0 Å². The summed E-state index contributed by atoms with van der Waals surface area (Å²) in [5, 5.41) is 10.4. The Morgan fingerprint density at radius 3 is 2.72 bits per heavy atom. The Labute approximate surface area is 213 Å². The molecular formula is C26H29N5O4S. The fourth-order valence-electron chi connectivity index (χ4n) is 5.07. The van der Waals surface area contributed by atoms with Gasteiger partial charge in [-0.25, -0.2) is 5.10 Å². The van der Waals surface area contributed by atoms with E-state index >= 15 is 0 Å². The topological polar surface area (TPSA) is 108 Å². The van der Waals surface area contributed by atoms with Crippen LogP contribution in [0.1, 0.15) is 45.8 Å². The highest BCUT2D eigenvalue weighted by atomic mass is 32.1. The Bertz CT molecular complexity index is 1320. The normalized spacial score (nSPS) is 19.7. The quantitative estimate of drug-likeness (QED) is 0.531. The van der Waals surface area contributed by atoms with Crippen molar-refractivity contribution in [3.05, 3.63) is 73.8 Å². The molecule has 5 rings (SSSR count). The second kappa shape index (κ2) is 10.2. The van der Waals surface area contributed by atoms with E-state index in [0.29, 0.717) is 29.5 Å². The lowest BCUT2D eigenvalue weighted by atomic mass is 9.96. The summed E-state index contributed by atoms with van der Waals surface area (Å²) in [6.07, 6.45) is 1.86. The lowest BCUT2D eigenvalue weighted by Gasteiger charge is -2.30. The predicted octanol–water partition coefficient (Wildman–Crippen LogP) is 2.54. The molecule has 2 atom stereocenters. The molecule has 2 N–H and O–H groups in total. The second-order valence-electron chi connectivity index (χ2n) is 9.36. The third kappa shape index (κ3) is 5.05. The fraction of sp³-hybridized carbons (Fsp3) is 0.385. The largest absolute Gasteiger partial charge is 0.489 e. The first-order chi connectivity index (χ1) is 17.4. The van der Waals surface area contributed by atoms with Gasteiger partial charge in [-0.15, -0.1) is 0 Å². The molecule has 188 valence electrons. The van der Waals surface area contributed by atoms with Crippen LogP contribution in [0, 0.1) is 0 Å². The van der Waals surface area contributed by atoms with Gasteiger partial charge >= 0.3 is 4.87 Å². The van der Waals surface area contributed by atoms with Gasteiger partial charge in [-0.05, 0) is 61.3 Å². The van der Waals surface area contributed by atoms with Crippen LogP contribution in [0.3, 0.4) is 0 Å². The first kappa shape index (κ1) is 24.2. The number of carbonyl (C=O) groups excluding carboxylic acids is 2. The van der Waals surface area contributed by atoms with Crippen molar-refractivity contribution in [2.24, 2.45) is 0 Å². The van der Waals surface area contributed by atoms with Crippen LogP contribution in [0.25, 0.3) is 0 Å². The number of likely N-dealkylation sites (tertiary alicyclic amines) is 1. The molecule has 2 amide bonds. The van der Waals surface area contributed by atoms with Crippen LogP contribution in [-0.2, 0) is 17.8 Å². The summed E-state index contributed by atoms with van der Waals surface area (Å²) in [6.45, 7) is 4.15. The van der Waals surface area contributed by atoms with E-state index in [4.69, 9.17) is 4.74 Å². The van der Waals surface area contributed by atoms with E-state index < -0.39 is 0 Å². The number of benzene rings is 2. The minimum atomic E-state index is -0.188. The number of anilines is 1. The zero-order valence-corrected chi connectivity index (χ0v) is 21.1. The highest BCUT2D eigenvalue weighted by Gasteiger charge is 2.35. The van der Waals surface area contributed by atoms with E-state index in [0.717, 1.165) is 54.1 Å². The van der Waals surface area contributed by atoms with Gasteiger partial charge in [0.2, 0.25) is 5.91 Å². The van der Waals surface area contributed by atoms with Gasteiger partial charge in [0.15, 0.2) is 0 Å². The lowest BCUT2D eigenvalue weighted by Crippen LogP contribution is -2.39. The van der Waals surface area contributed by atoms with Crippen molar-refractivity contribution in [2.45, 2.75) is 38.3 Å². The molecule has 1 fully saturated rings. The van der Waals surface area contributed by atoms with Crippen LogP contribution < -0.4 is 19.8 Å². The van der Waals surface area contributed by atoms with Gasteiger partial charge in [-0.1, -0.05) is 23.5 Å². The third-order valence-electron chi connectivity index (χ3n) is 6.83. The Morgan fingerprint density at radius 2 is 2.00 bits per heavy atom. The number of likely N-dealkylation sites (N-methyl/N-ethyl adjacent to an activating group) is 1. The first-order valence-corrected chi connectivity index (χ1v) is 12.9. The van der Waals surface area contributed by atoms with Crippen molar-refractivity contribution in [1.82, 2.24) is 20.4 Å². The molecule has 2 aliphatic rings. The van der Waals surface area contributed by atoms with Gasteiger partial charge in [0, 0.05) is 43.7 Å². The van der Waals surface area contributed by atoms with E-state index in [1.54, 1.807) is 31.2 Å². The molecule has 3 heterocycles. The Balaban J connectivity index is 1.22. The fourth-order valence-corrected chi connectivity index (χ4v) is 5.83. The van der Waals surface area contributed by atoms with Gasteiger partial charge in [0.25, 0.3) is 5.91 Å². The average molecular weight is 508 g/mol. The minimum Gasteiger partial charge on any atom is -0.489 e. The van der Waals surface area contributed by atoms with Gasteiger partial charge in [0.05, 0.1) is 6.04 Å². The van der Waals surface area contributed by atoms with Gasteiger partial charge < -0.3 is 19.9 Å². The van der Waals surface area contributed by atoms with Crippen molar-refractivity contribution in [2.75, 3.05) is 31.6 Å². The number of aromatic nitrogens is 2. The van der Waals surface area contributed by atoms with Crippen molar-refractivity contribution in [3.63, 3.8) is 0 Å². The van der Waals surface area contributed by atoms with Crippen LogP contribution in [0.2, 0.25) is 0 Å². The minimum absolute atomic E-state index is 0.0266. The van der Waals surface area contributed by atoms with E-state index in [1.807, 2.05) is 30.1 Å². The highest BCUT2D eigenvalue weighted by molar-refractivity contribution is 7.08. The molecule has 1 saturated heterocycles. The molecule has 0 bridgehead atoms. The maximum atomic E-state index is 12.9. The molecule has 36 heavy (non-hydrogen) atoms. The number of amides is 2. The summed E-state index contributed by atoms with van der Waals surface area (Å²) in [4.78, 5) is 40.2. The van der Waals surface area contributed by atoms with Crippen LogP contribution >= 0.6 is 11.3 Å². The maximum absolute atomic E-state index is 12.9. The zero-order valence-electron chi connectivity index (χ0n) is 20.3. The summed E-state index contributed by atoms with van der Waals surface area (Å²) >= 11 is 1.09. The molecule has 2 aromatic carbocycles. The molecule has 0 radical (unpaired) electrons. The molecule has 10 heteroatoms. The third-order valence-corrected chi connectivity index (χ3v) is 7.71. The van der Waals surface area contributed by atoms with Crippen LogP contribution in [0.5, 0.6) is 5.75 Å². The molecule has 1 aromatic heterocycles. The molecule has 2 aliphatic heterocycles. The predicted molar refractivity (Wildman–Crippen MR) is 138 cm³/mol. The number of hydrogen-bond donors (Lipinski definition) is 2. The van der Waals surface area contributed by atoms with Crippen LogP contribution in [-0.4, -0.2) is 59.6 Å². The second-order valence-corrected chi connectivity index (χ2v) is 10.4. The van der Waals surface area contributed by atoms with E-state index in [1.165, 1.54) is 0 Å². The molecular weight excluding hydrogens is 478 g/mol. The number of nitrogens with one attached hydrogen (secondary N) is 2. The van der Waals surface area contributed by atoms with E-state index in [2.05, 4.69) is 20.4 Å². The van der Waals surface area contributed by atoms with Crippen molar-refractivity contribution >= 4 is 28.8 Å². The highest BCUT2D eigenvalue weighted by Crippen LogP contribution is 2.31. The van der Waals surface area contributed by atoms with E-state index in [-0.39, 0.29) is 28.6 Å². The number of hydrogen-bond acceptors (Lipinski definition) is 7. The SMILES string of the molecule is CC(=O)N1CCCc2c(COc3ccc(C(=O)NC4CN(C)CC4c4n[nH]c(=O)s4)cc3)cccc21. The van der Waals surface area contributed by atoms with Crippen molar-refractivity contribution < 1.29 is 14.3 Å². The zero-order chi connectivity index (χ0) is 25.2. The number of carbonyl (C=O) groups is 2. The number of ether oxygens (including phenoxy) is 1. The van der Waals surface area contributed by atoms with Gasteiger partial charge in [-0.2, -0.15) is 5.10 Å². The Hall–Kier alpha value is -3.50. The Kier molecular flexibility index (Phi) is 6.88. The molecule has 9 nitrogen and oxygen atoms in total. The van der Waals surface area contributed by atoms with Crippen LogP contribution in [0.4, 0.5) is 5.69 Å². The summed E-state index contributed by atoms with van der Waals surface area (Å²) in [6, 6.07) is 13.0. The average Bonchev–Trinajstić information content (AvgIpc) is 3.47. The Morgan fingerprint density at radius 1 is 1.19 bits per heavy atom. The monoisotopic (exact) mass is 507 g/mol. The number of H-pyrrole nitrogens is 1. The molecule has 0 spiro atoms. The summed E-state index contributed by atoms with van der Waals surface area (Å²) < 4.78 is 6.03.